The number of rotatable bonds is 5. The first-order valence-electron chi connectivity index (χ1n) is 4.81. The van der Waals surface area contributed by atoms with Crippen molar-refractivity contribution < 1.29 is 0 Å². The van der Waals surface area contributed by atoms with Crippen LogP contribution in [0.5, 0.6) is 0 Å². The number of nitrogens with zero attached hydrogens (tertiary/aromatic N) is 2. The maximum atomic E-state index is 5.45. The monoisotopic (exact) mass is 182 g/mol. The third kappa shape index (κ3) is 2.29. The molecule has 4 heteroatoms. The van der Waals surface area contributed by atoms with Gasteiger partial charge in [0, 0.05) is 12.7 Å². The van der Waals surface area contributed by atoms with Gasteiger partial charge < -0.3 is 0 Å². The predicted molar refractivity (Wildman–Crippen MR) is 52.9 cm³/mol. The summed E-state index contributed by atoms with van der Waals surface area (Å²) in [5, 5.41) is 4.24. The molecule has 3 N–H and O–H groups in total. The van der Waals surface area contributed by atoms with Gasteiger partial charge in [-0.25, -0.2) is 0 Å². The largest absolute Gasteiger partial charge is 0.271 e. The molecule has 0 radical (unpaired) electrons. The standard InChI is InChI=1S/C9H18N4/c1-3-7-13-9(5-6-11-13)8(4-2)12-10/h5-6,8,12H,3-4,7,10H2,1-2H3. The SMILES string of the molecule is CCCn1nccc1C(CC)NN. The van der Waals surface area contributed by atoms with Crippen molar-refractivity contribution in [3.63, 3.8) is 0 Å². The van der Waals surface area contributed by atoms with Gasteiger partial charge in [-0.2, -0.15) is 5.10 Å². The summed E-state index contributed by atoms with van der Waals surface area (Å²) in [5.74, 6) is 5.45. The average Bonchev–Trinajstić information content (AvgIpc) is 2.57. The molecule has 0 aliphatic rings. The van der Waals surface area contributed by atoms with Crippen molar-refractivity contribution in [2.45, 2.75) is 39.3 Å². The Morgan fingerprint density at radius 1 is 1.62 bits per heavy atom. The quantitative estimate of drug-likeness (QED) is 0.531. The molecule has 0 saturated heterocycles. The number of nitrogens with one attached hydrogen (secondary N) is 1. The van der Waals surface area contributed by atoms with E-state index in [1.807, 2.05) is 16.9 Å². The second-order valence-corrected chi connectivity index (χ2v) is 3.11. The van der Waals surface area contributed by atoms with Crippen LogP contribution in [0.1, 0.15) is 38.4 Å². The fourth-order valence-electron chi connectivity index (χ4n) is 1.45. The minimum absolute atomic E-state index is 0.217. The summed E-state index contributed by atoms with van der Waals surface area (Å²) >= 11 is 0. The first kappa shape index (κ1) is 10.2. The van der Waals surface area contributed by atoms with Crippen LogP contribution in [0.25, 0.3) is 0 Å². The average molecular weight is 182 g/mol. The molecule has 1 aromatic heterocycles. The lowest BCUT2D eigenvalue weighted by Crippen LogP contribution is -2.29. The summed E-state index contributed by atoms with van der Waals surface area (Å²) in [4.78, 5) is 0. The van der Waals surface area contributed by atoms with Crippen LogP contribution < -0.4 is 11.3 Å². The van der Waals surface area contributed by atoms with E-state index in [1.165, 1.54) is 5.69 Å². The lowest BCUT2D eigenvalue weighted by molar-refractivity contribution is 0.470. The van der Waals surface area contributed by atoms with Gasteiger partial charge >= 0.3 is 0 Å². The van der Waals surface area contributed by atoms with E-state index in [2.05, 4.69) is 24.4 Å². The van der Waals surface area contributed by atoms with Gasteiger partial charge in [0.2, 0.25) is 0 Å². The zero-order chi connectivity index (χ0) is 9.68. The predicted octanol–water partition coefficient (Wildman–Crippen LogP) is 1.21. The second kappa shape index (κ2) is 4.99. The minimum atomic E-state index is 0.217. The van der Waals surface area contributed by atoms with Crippen molar-refractivity contribution in [1.29, 1.82) is 0 Å². The molecule has 0 aromatic carbocycles. The Kier molecular flexibility index (Phi) is 3.92. The van der Waals surface area contributed by atoms with Gasteiger partial charge in [0.15, 0.2) is 0 Å². The molecule has 74 valence electrons. The number of hydrogen-bond donors (Lipinski definition) is 2. The summed E-state index contributed by atoms with van der Waals surface area (Å²) < 4.78 is 2.01. The van der Waals surface area contributed by atoms with Crippen molar-refractivity contribution in [1.82, 2.24) is 15.2 Å². The van der Waals surface area contributed by atoms with Crippen molar-refractivity contribution in [3.8, 4) is 0 Å². The normalized spacial score (nSPS) is 13.2. The molecular weight excluding hydrogens is 164 g/mol. The topological polar surface area (TPSA) is 55.9 Å². The van der Waals surface area contributed by atoms with Crippen LogP contribution in [0.3, 0.4) is 0 Å². The fraction of sp³-hybridized carbons (Fsp3) is 0.667. The van der Waals surface area contributed by atoms with Gasteiger partial charge in [0.1, 0.15) is 0 Å². The molecule has 0 aliphatic heterocycles. The fourth-order valence-corrected chi connectivity index (χ4v) is 1.45. The third-order valence-electron chi connectivity index (χ3n) is 2.15. The van der Waals surface area contributed by atoms with E-state index in [4.69, 9.17) is 5.84 Å². The van der Waals surface area contributed by atoms with Crippen LogP contribution in [0.15, 0.2) is 12.3 Å². The van der Waals surface area contributed by atoms with Crippen LogP contribution in [0.4, 0.5) is 0 Å². The zero-order valence-electron chi connectivity index (χ0n) is 8.33. The lowest BCUT2D eigenvalue weighted by atomic mass is 10.1. The van der Waals surface area contributed by atoms with Crippen molar-refractivity contribution in [3.05, 3.63) is 18.0 Å². The highest BCUT2D eigenvalue weighted by atomic mass is 15.3. The van der Waals surface area contributed by atoms with Gasteiger partial charge in [-0.05, 0) is 18.9 Å². The molecule has 0 saturated carbocycles. The van der Waals surface area contributed by atoms with E-state index in [0.717, 1.165) is 19.4 Å². The van der Waals surface area contributed by atoms with Gasteiger partial charge in [-0.3, -0.25) is 16.0 Å². The number of nitrogens with two attached hydrogens (primary N) is 1. The maximum Gasteiger partial charge on any atom is 0.0626 e. The Hall–Kier alpha value is -0.870. The first-order chi connectivity index (χ1) is 6.33. The molecule has 13 heavy (non-hydrogen) atoms. The van der Waals surface area contributed by atoms with E-state index in [1.54, 1.807) is 0 Å². The Balaban J connectivity index is 2.78. The molecule has 0 spiro atoms. The van der Waals surface area contributed by atoms with Crippen molar-refractivity contribution in [2.75, 3.05) is 0 Å². The second-order valence-electron chi connectivity index (χ2n) is 3.11. The molecule has 0 amide bonds. The van der Waals surface area contributed by atoms with Crippen LogP contribution in [-0.2, 0) is 6.54 Å². The Morgan fingerprint density at radius 3 is 2.92 bits per heavy atom. The molecular formula is C9H18N4. The van der Waals surface area contributed by atoms with E-state index in [9.17, 15) is 0 Å². The lowest BCUT2D eigenvalue weighted by Gasteiger charge is -2.15. The highest BCUT2D eigenvalue weighted by Crippen LogP contribution is 2.14. The van der Waals surface area contributed by atoms with Crippen LogP contribution in [0, 0.1) is 0 Å². The maximum absolute atomic E-state index is 5.45. The molecule has 1 aromatic rings. The van der Waals surface area contributed by atoms with Crippen molar-refractivity contribution in [2.24, 2.45) is 5.84 Å². The minimum Gasteiger partial charge on any atom is -0.271 e. The van der Waals surface area contributed by atoms with Gasteiger partial charge in [0.25, 0.3) is 0 Å². The third-order valence-corrected chi connectivity index (χ3v) is 2.15. The molecule has 1 heterocycles. The number of aromatic nitrogens is 2. The van der Waals surface area contributed by atoms with Crippen molar-refractivity contribution >= 4 is 0 Å². The molecule has 4 nitrogen and oxygen atoms in total. The van der Waals surface area contributed by atoms with Crippen LogP contribution in [-0.4, -0.2) is 9.78 Å². The van der Waals surface area contributed by atoms with Gasteiger partial charge in [-0.1, -0.05) is 13.8 Å². The summed E-state index contributed by atoms with van der Waals surface area (Å²) in [6.45, 7) is 5.20. The van der Waals surface area contributed by atoms with E-state index in [-0.39, 0.29) is 6.04 Å². The summed E-state index contributed by atoms with van der Waals surface area (Å²) in [6, 6.07) is 2.23. The smallest absolute Gasteiger partial charge is 0.0626 e. The Bertz CT molecular complexity index is 240. The van der Waals surface area contributed by atoms with E-state index >= 15 is 0 Å². The summed E-state index contributed by atoms with van der Waals surface area (Å²) in [7, 11) is 0. The zero-order valence-corrected chi connectivity index (χ0v) is 8.33. The molecule has 0 fully saturated rings. The van der Waals surface area contributed by atoms with Crippen LogP contribution in [0.2, 0.25) is 0 Å². The molecule has 0 aliphatic carbocycles. The van der Waals surface area contributed by atoms with E-state index < -0.39 is 0 Å². The van der Waals surface area contributed by atoms with E-state index in [0.29, 0.717) is 0 Å². The highest BCUT2D eigenvalue weighted by Gasteiger charge is 2.11. The Labute approximate surface area is 79.1 Å². The highest BCUT2D eigenvalue weighted by molar-refractivity contribution is 5.06. The molecule has 1 atom stereocenters. The van der Waals surface area contributed by atoms with Crippen LogP contribution >= 0.6 is 0 Å². The molecule has 0 bridgehead atoms. The first-order valence-corrected chi connectivity index (χ1v) is 4.81. The van der Waals surface area contributed by atoms with Gasteiger partial charge in [-0.15, -0.1) is 0 Å². The number of hydrazine groups is 1. The summed E-state index contributed by atoms with van der Waals surface area (Å²) in [5.41, 5.74) is 3.97. The molecule has 1 unspecified atom stereocenters. The van der Waals surface area contributed by atoms with Gasteiger partial charge in [0.05, 0.1) is 11.7 Å². The summed E-state index contributed by atoms with van der Waals surface area (Å²) in [6.07, 6.45) is 3.90. The number of hydrogen-bond acceptors (Lipinski definition) is 3. The Morgan fingerprint density at radius 2 is 2.38 bits per heavy atom. The number of aryl methyl sites for hydroxylation is 1. The molecule has 1 rings (SSSR count).